The van der Waals surface area contributed by atoms with Gasteiger partial charge in [0, 0.05) is 12.1 Å². The van der Waals surface area contributed by atoms with Gasteiger partial charge in [0.1, 0.15) is 0 Å². The Kier molecular flexibility index (Phi) is 3.70. The molecule has 0 amide bonds. The number of hydrogen-bond donors (Lipinski definition) is 0. The van der Waals surface area contributed by atoms with Crippen LogP contribution in [-0.2, 0) is 4.74 Å². The van der Waals surface area contributed by atoms with Gasteiger partial charge in [-0.2, -0.15) is 0 Å². The molecule has 2 aliphatic rings. The molecule has 2 fully saturated rings. The van der Waals surface area contributed by atoms with Gasteiger partial charge in [-0.25, -0.2) is 0 Å². The lowest BCUT2D eigenvalue weighted by Gasteiger charge is -2.32. The van der Waals surface area contributed by atoms with Crippen LogP contribution < -0.4 is 0 Å². The summed E-state index contributed by atoms with van der Waals surface area (Å²) in [5.41, 5.74) is 0.373. The van der Waals surface area contributed by atoms with Gasteiger partial charge in [-0.05, 0) is 52.0 Å². The lowest BCUT2D eigenvalue weighted by atomic mass is 9.89. The van der Waals surface area contributed by atoms with Crippen molar-refractivity contribution in [3.63, 3.8) is 0 Å². The molecule has 0 saturated carbocycles. The van der Waals surface area contributed by atoms with Crippen LogP contribution in [0.25, 0.3) is 0 Å². The van der Waals surface area contributed by atoms with Crippen molar-refractivity contribution in [2.24, 2.45) is 5.92 Å². The average Bonchev–Trinajstić information content (AvgIpc) is 2.72. The Bertz CT molecular complexity index is 251. The molecule has 16 heavy (non-hydrogen) atoms. The molecule has 2 heteroatoms. The molecule has 0 spiro atoms. The molecular weight excluding hydrogens is 198 g/mol. The summed E-state index contributed by atoms with van der Waals surface area (Å²) >= 11 is 0. The molecule has 0 bridgehead atoms. The summed E-state index contributed by atoms with van der Waals surface area (Å²) in [4.78, 5) is 2.67. The Labute approximate surface area is 99.7 Å². The van der Waals surface area contributed by atoms with Gasteiger partial charge in [0.25, 0.3) is 0 Å². The molecule has 2 rings (SSSR count). The third-order valence-electron chi connectivity index (χ3n) is 4.07. The summed E-state index contributed by atoms with van der Waals surface area (Å²) in [6, 6.07) is 0. The number of fused-ring (bicyclic) bond motifs is 1. The lowest BCUT2D eigenvalue weighted by molar-refractivity contribution is 0.00289. The van der Waals surface area contributed by atoms with Crippen molar-refractivity contribution >= 4 is 0 Å². The Morgan fingerprint density at radius 3 is 3.06 bits per heavy atom. The summed E-state index contributed by atoms with van der Waals surface area (Å²) < 4.78 is 5.89. The van der Waals surface area contributed by atoms with Gasteiger partial charge >= 0.3 is 0 Å². The highest BCUT2D eigenvalue weighted by Gasteiger charge is 2.47. The summed E-state index contributed by atoms with van der Waals surface area (Å²) in [6.07, 6.45) is 7.58. The predicted molar refractivity (Wildman–Crippen MR) is 67.5 cm³/mol. The number of nitrogens with zero attached hydrogens (tertiary/aromatic N) is 1. The van der Waals surface area contributed by atoms with Crippen LogP contribution in [0.3, 0.4) is 0 Å². The molecule has 2 atom stereocenters. The van der Waals surface area contributed by atoms with E-state index in [1.165, 1.54) is 38.8 Å². The minimum atomic E-state index is 0.357. The largest absolute Gasteiger partial charge is 0.377 e. The van der Waals surface area contributed by atoms with Crippen LogP contribution in [-0.4, -0.2) is 36.2 Å². The van der Waals surface area contributed by atoms with Crippen molar-refractivity contribution in [3.05, 3.63) is 12.7 Å². The van der Waals surface area contributed by atoms with Gasteiger partial charge in [0.05, 0.1) is 12.7 Å². The molecule has 2 saturated heterocycles. The molecule has 92 valence electrons. The molecule has 2 nitrogen and oxygen atoms in total. The van der Waals surface area contributed by atoms with Crippen LogP contribution in [0, 0.1) is 5.92 Å². The fourth-order valence-corrected chi connectivity index (χ4v) is 3.36. The second kappa shape index (κ2) is 4.89. The summed E-state index contributed by atoms with van der Waals surface area (Å²) in [7, 11) is 0. The van der Waals surface area contributed by atoms with Gasteiger partial charge in [-0.1, -0.05) is 6.08 Å². The highest BCUT2D eigenvalue weighted by molar-refractivity contribution is 5.04. The standard InChI is InChI=1S/C14H25NO/c1-4-6-13-9-14(11-16-12(2)3)7-5-8-15(14)10-13/h4,12-13H,1,5-11H2,2-3H3. The number of hydrogen-bond acceptors (Lipinski definition) is 2. The normalized spacial score (nSPS) is 34.6. The zero-order valence-corrected chi connectivity index (χ0v) is 10.7. The zero-order valence-electron chi connectivity index (χ0n) is 10.7. The molecule has 0 N–H and O–H groups in total. The molecule has 0 radical (unpaired) electrons. The topological polar surface area (TPSA) is 12.5 Å². The van der Waals surface area contributed by atoms with E-state index in [0.29, 0.717) is 11.6 Å². The molecule has 0 aromatic carbocycles. The van der Waals surface area contributed by atoms with E-state index < -0.39 is 0 Å². The Hall–Kier alpha value is -0.340. The smallest absolute Gasteiger partial charge is 0.0654 e. The molecule has 0 aromatic heterocycles. The monoisotopic (exact) mass is 223 g/mol. The minimum Gasteiger partial charge on any atom is -0.377 e. The lowest BCUT2D eigenvalue weighted by Crippen LogP contribution is -2.43. The van der Waals surface area contributed by atoms with Crippen LogP contribution in [0.2, 0.25) is 0 Å². The third-order valence-corrected chi connectivity index (χ3v) is 4.07. The summed E-state index contributed by atoms with van der Waals surface area (Å²) in [5, 5.41) is 0. The van der Waals surface area contributed by atoms with E-state index in [1.807, 2.05) is 0 Å². The molecule has 2 aliphatic heterocycles. The molecule has 0 aromatic rings. The van der Waals surface area contributed by atoms with Crippen molar-refractivity contribution < 1.29 is 4.74 Å². The van der Waals surface area contributed by atoms with Gasteiger partial charge in [0.2, 0.25) is 0 Å². The quantitative estimate of drug-likeness (QED) is 0.665. The van der Waals surface area contributed by atoms with Crippen molar-refractivity contribution in [2.75, 3.05) is 19.7 Å². The van der Waals surface area contributed by atoms with E-state index in [1.54, 1.807) is 0 Å². The number of allylic oxidation sites excluding steroid dienone is 1. The van der Waals surface area contributed by atoms with Crippen LogP contribution in [0.15, 0.2) is 12.7 Å². The van der Waals surface area contributed by atoms with Crippen LogP contribution in [0.1, 0.15) is 39.5 Å². The van der Waals surface area contributed by atoms with Gasteiger partial charge in [-0.3, -0.25) is 4.90 Å². The molecule has 2 unspecified atom stereocenters. The SMILES string of the molecule is C=CCC1CN2CCCC2(COC(C)C)C1. The highest BCUT2D eigenvalue weighted by atomic mass is 16.5. The third kappa shape index (κ3) is 2.33. The molecule has 2 heterocycles. The summed E-state index contributed by atoms with van der Waals surface area (Å²) in [5.74, 6) is 0.813. The highest BCUT2D eigenvalue weighted by Crippen LogP contribution is 2.42. The zero-order chi connectivity index (χ0) is 11.6. The van der Waals surface area contributed by atoms with E-state index in [9.17, 15) is 0 Å². The summed E-state index contributed by atoms with van der Waals surface area (Å²) in [6.45, 7) is 11.6. The Morgan fingerprint density at radius 2 is 2.38 bits per heavy atom. The fourth-order valence-electron chi connectivity index (χ4n) is 3.36. The van der Waals surface area contributed by atoms with Crippen molar-refractivity contribution in [2.45, 2.75) is 51.2 Å². The minimum absolute atomic E-state index is 0.357. The maximum atomic E-state index is 5.89. The van der Waals surface area contributed by atoms with E-state index in [0.717, 1.165) is 12.5 Å². The average molecular weight is 223 g/mol. The van der Waals surface area contributed by atoms with E-state index >= 15 is 0 Å². The maximum Gasteiger partial charge on any atom is 0.0654 e. The van der Waals surface area contributed by atoms with Crippen molar-refractivity contribution in [1.29, 1.82) is 0 Å². The Morgan fingerprint density at radius 1 is 1.56 bits per heavy atom. The number of rotatable bonds is 5. The second-order valence-corrected chi connectivity index (χ2v) is 5.73. The van der Waals surface area contributed by atoms with Gasteiger partial charge < -0.3 is 4.74 Å². The van der Waals surface area contributed by atoms with Crippen molar-refractivity contribution in [1.82, 2.24) is 4.90 Å². The van der Waals surface area contributed by atoms with Crippen LogP contribution in [0.5, 0.6) is 0 Å². The molecule has 0 aliphatic carbocycles. The Balaban J connectivity index is 1.97. The van der Waals surface area contributed by atoms with Gasteiger partial charge in [-0.15, -0.1) is 6.58 Å². The molecular formula is C14H25NO. The first-order chi connectivity index (χ1) is 7.66. The first kappa shape index (κ1) is 12.1. The first-order valence-electron chi connectivity index (χ1n) is 6.64. The number of ether oxygens (including phenoxy) is 1. The maximum absolute atomic E-state index is 5.89. The predicted octanol–water partition coefficient (Wildman–Crippen LogP) is 2.84. The van der Waals surface area contributed by atoms with Crippen LogP contribution >= 0.6 is 0 Å². The van der Waals surface area contributed by atoms with E-state index in [2.05, 4.69) is 31.4 Å². The fraction of sp³-hybridized carbons (Fsp3) is 0.857. The van der Waals surface area contributed by atoms with Crippen LogP contribution in [0.4, 0.5) is 0 Å². The van der Waals surface area contributed by atoms with Crippen molar-refractivity contribution in [3.8, 4) is 0 Å². The first-order valence-corrected chi connectivity index (χ1v) is 6.64. The van der Waals surface area contributed by atoms with E-state index in [4.69, 9.17) is 4.74 Å². The van der Waals surface area contributed by atoms with Gasteiger partial charge in [0.15, 0.2) is 0 Å². The van der Waals surface area contributed by atoms with E-state index in [-0.39, 0.29) is 0 Å². The second-order valence-electron chi connectivity index (χ2n) is 5.73.